The third kappa shape index (κ3) is 3.57. The summed E-state index contributed by atoms with van der Waals surface area (Å²) in [5, 5.41) is 0. The van der Waals surface area contributed by atoms with Crippen LogP contribution in [0.3, 0.4) is 0 Å². The molecule has 0 aromatic heterocycles. The topological polar surface area (TPSA) is 78.9 Å². The van der Waals surface area contributed by atoms with Crippen LogP contribution in [0.2, 0.25) is 0 Å². The van der Waals surface area contributed by atoms with Crippen molar-refractivity contribution in [2.24, 2.45) is 0 Å². The van der Waals surface area contributed by atoms with E-state index in [9.17, 15) is 14.4 Å². The third-order valence-corrected chi connectivity index (χ3v) is 2.43. The van der Waals surface area contributed by atoms with Gasteiger partial charge in [0.2, 0.25) is 0 Å². The van der Waals surface area contributed by atoms with Crippen LogP contribution in [-0.4, -0.2) is 38.2 Å². The van der Waals surface area contributed by atoms with Crippen LogP contribution in [0.15, 0.2) is 18.2 Å². The molecule has 0 saturated carbocycles. The zero-order valence-corrected chi connectivity index (χ0v) is 11.6. The maximum atomic E-state index is 11.7. The number of carbonyl (C=O) groups is 3. The van der Waals surface area contributed by atoms with E-state index in [0.29, 0.717) is 0 Å². The monoisotopic (exact) mass is 280 g/mol. The average molecular weight is 280 g/mol. The Hall–Kier alpha value is -2.37. The smallest absolute Gasteiger partial charge is 0.338 e. The minimum atomic E-state index is -0.723. The summed E-state index contributed by atoms with van der Waals surface area (Å²) in [6.45, 7) is 3.72. The van der Waals surface area contributed by atoms with Crippen LogP contribution >= 0.6 is 0 Å². The van der Waals surface area contributed by atoms with Gasteiger partial charge in [0.1, 0.15) is 0 Å². The molecule has 0 amide bonds. The van der Waals surface area contributed by atoms with Gasteiger partial charge in [-0.15, -0.1) is 0 Å². The minimum Gasteiger partial charge on any atom is -0.465 e. The predicted octanol–water partition coefficient (Wildman–Crippen LogP) is 1.83. The summed E-state index contributed by atoms with van der Waals surface area (Å²) in [5.74, 6) is -1.95. The van der Waals surface area contributed by atoms with Gasteiger partial charge in [-0.2, -0.15) is 0 Å². The van der Waals surface area contributed by atoms with Crippen LogP contribution in [0.4, 0.5) is 0 Å². The number of hydrogen-bond donors (Lipinski definition) is 0. The van der Waals surface area contributed by atoms with Crippen molar-refractivity contribution in [3.05, 3.63) is 34.9 Å². The molecule has 0 atom stereocenters. The summed E-state index contributed by atoms with van der Waals surface area (Å²) in [5.41, 5.74) is 0.184. The fraction of sp³-hybridized carbons (Fsp3) is 0.357. The molecule has 0 aliphatic rings. The lowest BCUT2D eigenvalue weighted by molar-refractivity contribution is 0.0497. The van der Waals surface area contributed by atoms with Crippen molar-refractivity contribution in [1.82, 2.24) is 0 Å². The van der Waals surface area contributed by atoms with E-state index in [2.05, 4.69) is 4.74 Å². The van der Waals surface area contributed by atoms with Crippen LogP contribution in [0.1, 0.15) is 44.9 Å². The molecule has 20 heavy (non-hydrogen) atoms. The summed E-state index contributed by atoms with van der Waals surface area (Å²) in [6, 6.07) is 4.00. The van der Waals surface area contributed by atoms with Gasteiger partial charge in [0.05, 0.1) is 37.0 Å². The van der Waals surface area contributed by atoms with Gasteiger partial charge in [-0.3, -0.25) is 0 Å². The zero-order chi connectivity index (χ0) is 15.1. The maximum Gasteiger partial charge on any atom is 0.338 e. The van der Waals surface area contributed by atoms with Gasteiger partial charge < -0.3 is 14.2 Å². The summed E-state index contributed by atoms with van der Waals surface area (Å²) in [7, 11) is 1.19. The van der Waals surface area contributed by atoms with E-state index in [1.165, 1.54) is 25.3 Å². The molecule has 108 valence electrons. The van der Waals surface area contributed by atoms with Crippen molar-refractivity contribution >= 4 is 17.9 Å². The molecule has 6 nitrogen and oxygen atoms in total. The van der Waals surface area contributed by atoms with Crippen LogP contribution in [0.5, 0.6) is 0 Å². The van der Waals surface area contributed by atoms with E-state index in [1.54, 1.807) is 13.8 Å². The summed E-state index contributed by atoms with van der Waals surface area (Å²) in [4.78, 5) is 35.1. The molecule has 0 N–H and O–H groups in total. The fourth-order valence-corrected chi connectivity index (χ4v) is 1.55. The number of carbonyl (C=O) groups excluding carboxylic acids is 3. The normalized spacial score (nSPS) is 9.75. The van der Waals surface area contributed by atoms with Gasteiger partial charge in [-0.1, -0.05) is 0 Å². The molecule has 0 aliphatic carbocycles. The molecule has 0 heterocycles. The zero-order valence-electron chi connectivity index (χ0n) is 11.6. The number of benzene rings is 1. The second-order valence-electron chi connectivity index (χ2n) is 3.69. The molecule has 1 aromatic rings. The molecule has 6 heteroatoms. The highest BCUT2D eigenvalue weighted by Gasteiger charge is 2.21. The third-order valence-electron chi connectivity index (χ3n) is 2.43. The van der Waals surface area contributed by atoms with E-state index in [1.807, 2.05) is 0 Å². The maximum absolute atomic E-state index is 11.7. The lowest BCUT2D eigenvalue weighted by atomic mass is 10.0. The first kappa shape index (κ1) is 15.7. The quantitative estimate of drug-likeness (QED) is 0.604. The Morgan fingerprint density at radius 2 is 1.50 bits per heavy atom. The highest BCUT2D eigenvalue weighted by molar-refractivity contribution is 6.05. The van der Waals surface area contributed by atoms with Gasteiger partial charge in [0.15, 0.2) is 0 Å². The van der Waals surface area contributed by atoms with Crippen molar-refractivity contribution in [3.63, 3.8) is 0 Å². The number of rotatable bonds is 5. The number of methoxy groups -OCH3 is 1. The minimum absolute atomic E-state index is 0.0310. The van der Waals surface area contributed by atoms with Crippen LogP contribution in [0.25, 0.3) is 0 Å². The van der Waals surface area contributed by atoms with Crippen molar-refractivity contribution in [2.75, 3.05) is 20.3 Å². The van der Waals surface area contributed by atoms with E-state index in [4.69, 9.17) is 9.47 Å². The molecular weight excluding hydrogens is 264 g/mol. The predicted molar refractivity (Wildman–Crippen MR) is 69.7 cm³/mol. The number of hydrogen-bond acceptors (Lipinski definition) is 6. The molecule has 0 radical (unpaired) electrons. The van der Waals surface area contributed by atoms with Crippen molar-refractivity contribution in [3.8, 4) is 0 Å². The van der Waals surface area contributed by atoms with Crippen LogP contribution in [-0.2, 0) is 14.2 Å². The molecule has 0 fully saturated rings. The largest absolute Gasteiger partial charge is 0.465 e. The summed E-state index contributed by atoms with van der Waals surface area (Å²) in [6.07, 6.45) is 0. The van der Waals surface area contributed by atoms with Gasteiger partial charge in [0.25, 0.3) is 0 Å². The van der Waals surface area contributed by atoms with E-state index < -0.39 is 17.9 Å². The summed E-state index contributed by atoms with van der Waals surface area (Å²) < 4.78 is 14.3. The Labute approximate surface area is 116 Å². The lowest BCUT2D eigenvalue weighted by Crippen LogP contribution is -2.15. The summed E-state index contributed by atoms with van der Waals surface area (Å²) >= 11 is 0. The molecule has 1 aromatic carbocycles. The van der Waals surface area contributed by atoms with Gasteiger partial charge >= 0.3 is 17.9 Å². The first-order valence-corrected chi connectivity index (χ1v) is 6.11. The van der Waals surface area contributed by atoms with Crippen LogP contribution < -0.4 is 0 Å². The Morgan fingerprint density at radius 1 is 0.900 bits per heavy atom. The van der Waals surface area contributed by atoms with Gasteiger partial charge in [-0.25, -0.2) is 14.4 Å². The molecule has 0 bridgehead atoms. The Balaban J connectivity index is 3.23. The Morgan fingerprint density at radius 3 is 2.05 bits per heavy atom. The number of ether oxygens (including phenoxy) is 3. The molecule has 0 unspecified atom stereocenters. The molecule has 0 spiro atoms. The Bertz CT molecular complexity index is 520. The standard InChI is InChI=1S/C14H16O6/c1-4-19-12(15)9-6-7-10(14(17)20-5-2)11(8-9)13(16)18-3/h6-8H,4-5H2,1-3H3. The van der Waals surface area contributed by atoms with E-state index in [0.717, 1.165) is 0 Å². The lowest BCUT2D eigenvalue weighted by Gasteiger charge is -2.09. The Kier molecular flexibility index (Phi) is 5.71. The van der Waals surface area contributed by atoms with Crippen molar-refractivity contribution in [1.29, 1.82) is 0 Å². The van der Waals surface area contributed by atoms with Crippen molar-refractivity contribution in [2.45, 2.75) is 13.8 Å². The second kappa shape index (κ2) is 7.28. The molecule has 1 rings (SSSR count). The van der Waals surface area contributed by atoms with Crippen molar-refractivity contribution < 1.29 is 28.6 Å². The SMILES string of the molecule is CCOC(=O)c1ccc(C(=O)OCC)c(C(=O)OC)c1. The fourth-order valence-electron chi connectivity index (χ4n) is 1.55. The highest BCUT2D eigenvalue weighted by Crippen LogP contribution is 2.16. The average Bonchev–Trinajstić information content (AvgIpc) is 2.46. The molecular formula is C14H16O6. The first-order chi connectivity index (χ1) is 9.54. The molecule has 0 saturated heterocycles. The molecule has 0 aliphatic heterocycles. The van der Waals surface area contributed by atoms with E-state index >= 15 is 0 Å². The van der Waals surface area contributed by atoms with Gasteiger partial charge in [0, 0.05) is 0 Å². The second-order valence-corrected chi connectivity index (χ2v) is 3.69. The number of esters is 3. The highest BCUT2D eigenvalue weighted by atomic mass is 16.5. The van der Waals surface area contributed by atoms with Gasteiger partial charge in [-0.05, 0) is 32.0 Å². The van der Waals surface area contributed by atoms with E-state index in [-0.39, 0.29) is 29.9 Å². The first-order valence-electron chi connectivity index (χ1n) is 6.11. The van der Waals surface area contributed by atoms with Crippen LogP contribution in [0, 0.1) is 0 Å².